The number of amides is 1. The molecule has 4 heteroatoms. The number of carbonyl (C=O) groups excluding carboxylic acids is 1. The number of phenolic OH excluding ortho intramolecular Hbond substituents is 1. The number of nitrogens with one attached hydrogen (secondary N) is 1. The Morgan fingerprint density at radius 1 is 1.00 bits per heavy atom. The molecule has 0 bridgehead atoms. The summed E-state index contributed by atoms with van der Waals surface area (Å²) in [6.07, 6.45) is 4.69. The van der Waals surface area contributed by atoms with Gasteiger partial charge in [0.1, 0.15) is 11.5 Å². The maximum Gasteiger partial charge on any atom is 0.255 e. The van der Waals surface area contributed by atoms with Gasteiger partial charge in [-0.05, 0) is 55.0 Å². The van der Waals surface area contributed by atoms with E-state index in [1.54, 1.807) is 24.3 Å². The van der Waals surface area contributed by atoms with Gasteiger partial charge in [-0.3, -0.25) is 4.79 Å². The second-order valence-electron chi connectivity index (χ2n) is 5.43. The van der Waals surface area contributed by atoms with Gasteiger partial charge in [0.15, 0.2) is 0 Å². The number of ether oxygens (including phenoxy) is 1. The minimum Gasteiger partial charge on any atom is -0.508 e. The standard InChI is InChI=1S/C19H23NO3/c1-2-3-4-5-14-23-18-12-6-15(7-13-18)19(22)20-16-8-10-17(21)11-9-16/h6-13,21H,2-5,14H2,1H3,(H,20,22). The summed E-state index contributed by atoms with van der Waals surface area (Å²) in [5, 5.41) is 12.0. The SMILES string of the molecule is CCCCCCOc1ccc(C(=O)Nc2ccc(O)cc2)cc1. The lowest BCUT2D eigenvalue weighted by atomic mass is 10.2. The number of carbonyl (C=O) groups is 1. The average molecular weight is 313 g/mol. The fourth-order valence-corrected chi connectivity index (χ4v) is 2.17. The van der Waals surface area contributed by atoms with Crippen molar-refractivity contribution in [2.45, 2.75) is 32.6 Å². The summed E-state index contributed by atoms with van der Waals surface area (Å²) in [4.78, 5) is 12.1. The van der Waals surface area contributed by atoms with Gasteiger partial charge in [-0.1, -0.05) is 26.2 Å². The molecular formula is C19H23NO3. The fraction of sp³-hybridized carbons (Fsp3) is 0.316. The smallest absolute Gasteiger partial charge is 0.255 e. The van der Waals surface area contributed by atoms with Crippen molar-refractivity contribution in [1.29, 1.82) is 0 Å². The van der Waals surface area contributed by atoms with E-state index >= 15 is 0 Å². The maximum absolute atomic E-state index is 12.1. The zero-order valence-corrected chi connectivity index (χ0v) is 13.4. The first-order valence-corrected chi connectivity index (χ1v) is 8.02. The molecule has 0 aromatic heterocycles. The highest BCUT2D eigenvalue weighted by Crippen LogP contribution is 2.17. The van der Waals surface area contributed by atoms with Crippen molar-refractivity contribution in [1.82, 2.24) is 0 Å². The third kappa shape index (κ3) is 5.66. The van der Waals surface area contributed by atoms with E-state index < -0.39 is 0 Å². The van der Waals surface area contributed by atoms with Gasteiger partial charge in [0.25, 0.3) is 5.91 Å². The predicted molar refractivity (Wildman–Crippen MR) is 92.1 cm³/mol. The van der Waals surface area contributed by atoms with E-state index in [4.69, 9.17) is 4.74 Å². The van der Waals surface area contributed by atoms with Crippen LogP contribution in [0.15, 0.2) is 48.5 Å². The summed E-state index contributed by atoms with van der Waals surface area (Å²) >= 11 is 0. The summed E-state index contributed by atoms with van der Waals surface area (Å²) in [6.45, 7) is 2.89. The van der Waals surface area contributed by atoms with Crippen LogP contribution in [0, 0.1) is 0 Å². The van der Waals surface area contributed by atoms with E-state index in [1.165, 1.54) is 31.4 Å². The molecule has 23 heavy (non-hydrogen) atoms. The van der Waals surface area contributed by atoms with Crippen molar-refractivity contribution < 1.29 is 14.6 Å². The van der Waals surface area contributed by atoms with Gasteiger partial charge in [0, 0.05) is 11.3 Å². The number of phenols is 1. The molecule has 1 amide bonds. The van der Waals surface area contributed by atoms with Crippen molar-refractivity contribution in [3.63, 3.8) is 0 Å². The van der Waals surface area contributed by atoms with E-state index in [-0.39, 0.29) is 11.7 Å². The van der Waals surface area contributed by atoms with Crippen LogP contribution in [0.2, 0.25) is 0 Å². The average Bonchev–Trinajstić information content (AvgIpc) is 2.57. The first kappa shape index (κ1) is 16.9. The third-order valence-electron chi connectivity index (χ3n) is 3.51. The van der Waals surface area contributed by atoms with Gasteiger partial charge in [-0.25, -0.2) is 0 Å². The first-order valence-electron chi connectivity index (χ1n) is 8.02. The van der Waals surface area contributed by atoms with Crippen LogP contribution in [-0.2, 0) is 0 Å². The van der Waals surface area contributed by atoms with Gasteiger partial charge in [0.05, 0.1) is 6.61 Å². The Hall–Kier alpha value is -2.49. The van der Waals surface area contributed by atoms with Gasteiger partial charge in [0.2, 0.25) is 0 Å². The molecule has 2 aromatic rings. The van der Waals surface area contributed by atoms with Gasteiger partial charge in [-0.2, -0.15) is 0 Å². The molecule has 0 aliphatic carbocycles. The van der Waals surface area contributed by atoms with Crippen LogP contribution < -0.4 is 10.1 Å². The molecule has 0 unspecified atom stereocenters. The first-order chi connectivity index (χ1) is 11.2. The normalized spacial score (nSPS) is 10.3. The van der Waals surface area contributed by atoms with Gasteiger partial charge < -0.3 is 15.2 Å². The van der Waals surface area contributed by atoms with Gasteiger partial charge >= 0.3 is 0 Å². The number of benzene rings is 2. The Morgan fingerprint density at radius 3 is 2.35 bits per heavy atom. The molecule has 2 aromatic carbocycles. The fourth-order valence-electron chi connectivity index (χ4n) is 2.17. The molecule has 0 aliphatic heterocycles. The molecule has 122 valence electrons. The number of hydrogen-bond donors (Lipinski definition) is 2. The van der Waals surface area contributed by atoms with E-state index in [9.17, 15) is 9.90 Å². The third-order valence-corrected chi connectivity index (χ3v) is 3.51. The Bertz CT molecular complexity index is 606. The lowest BCUT2D eigenvalue weighted by Gasteiger charge is -2.08. The van der Waals surface area contributed by atoms with Crippen LogP contribution in [0.4, 0.5) is 5.69 Å². The van der Waals surface area contributed by atoms with Gasteiger partial charge in [-0.15, -0.1) is 0 Å². The van der Waals surface area contributed by atoms with Crippen molar-refractivity contribution in [3.8, 4) is 11.5 Å². The van der Waals surface area contributed by atoms with Crippen molar-refractivity contribution >= 4 is 11.6 Å². The van der Waals surface area contributed by atoms with Crippen LogP contribution in [0.25, 0.3) is 0 Å². The number of unbranched alkanes of at least 4 members (excludes halogenated alkanes) is 3. The topological polar surface area (TPSA) is 58.6 Å². The lowest BCUT2D eigenvalue weighted by Crippen LogP contribution is -2.11. The van der Waals surface area contributed by atoms with Crippen molar-refractivity contribution in [2.24, 2.45) is 0 Å². The summed E-state index contributed by atoms with van der Waals surface area (Å²) in [6, 6.07) is 13.5. The summed E-state index contributed by atoms with van der Waals surface area (Å²) < 4.78 is 5.66. The summed E-state index contributed by atoms with van der Waals surface area (Å²) in [5.41, 5.74) is 1.21. The Balaban J connectivity index is 1.83. The Labute approximate surface area is 137 Å². The highest BCUT2D eigenvalue weighted by atomic mass is 16.5. The Morgan fingerprint density at radius 2 is 1.70 bits per heavy atom. The second kappa shape index (κ2) is 8.83. The quantitative estimate of drug-likeness (QED) is 0.553. The molecule has 0 radical (unpaired) electrons. The lowest BCUT2D eigenvalue weighted by molar-refractivity contribution is 0.102. The van der Waals surface area contributed by atoms with Crippen molar-refractivity contribution in [2.75, 3.05) is 11.9 Å². The summed E-state index contributed by atoms with van der Waals surface area (Å²) in [5.74, 6) is 0.760. The second-order valence-corrected chi connectivity index (χ2v) is 5.43. The number of anilines is 1. The highest BCUT2D eigenvalue weighted by Gasteiger charge is 2.06. The summed E-state index contributed by atoms with van der Waals surface area (Å²) in [7, 11) is 0. The molecule has 0 fully saturated rings. The minimum atomic E-state index is -0.190. The molecular weight excluding hydrogens is 290 g/mol. The number of hydrogen-bond acceptors (Lipinski definition) is 3. The molecule has 4 nitrogen and oxygen atoms in total. The molecule has 0 saturated heterocycles. The van der Waals surface area contributed by atoms with E-state index in [2.05, 4.69) is 12.2 Å². The van der Waals surface area contributed by atoms with Crippen LogP contribution in [0.3, 0.4) is 0 Å². The molecule has 0 heterocycles. The molecule has 0 atom stereocenters. The molecule has 0 spiro atoms. The zero-order chi connectivity index (χ0) is 16.5. The molecule has 0 aliphatic rings. The van der Waals surface area contributed by atoms with Crippen LogP contribution >= 0.6 is 0 Å². The van der Waals surface area contributed by atoms with Crippen molar-refractivity contribution in [3.05, 3.63) is 54.1 Å². The molecule has 0 saturated carbocycles. The number of aromatic hydroxyl groups is 1. The predicted octanol–water partition coefficient (Wildman–Crippen LogP) is 4.60. The van der Waals surface area contributed by atoms with E-state index in [1.807, 2.05) is 12.1 Å². The number of rotatable bonds is 8. The Kier molecular flexibility index (Phi) is 6.48. The van der Waals surface area contributed by atoms with Crippen LogP contribution in [-0.4, -0.2) is 17.6 Å². The highest BCUT2D eigenvalue weighted by molar-refractivity contribution is 6.04. The van der Waals surface area contributed by atoms with Crippen LogP contribution in [0.1, 0.15) is 43.0 Å². The monoisotopic (exact) mass is 313 g/mol. The van der Waals surface area contributed by atoms with Crippen LogP contribution in [0.5, 0.6) is 11.5 Å². The largest absolute Gasteiger partial charge is 0.508 e. The van der Waals surface area contributed by atoms with E-state index in [0.717, 1.165) is 12.2 Å². The van der Waals surface area contributed by atoms with E-state index in [0.29, 0.717) is 17.9 Å². The molecule has 2 N–H and O–H groups in total. The maximum atomic E-state index is 12.1. The minimum absolute atomic E-state index is 0.170. The molecule has 2 rings (SSSR count). The zero-order valence-electron chi connectivity index (χ0n) is 13.4.